The Morgan fingerprint density at radius 1 is 0.241 bits per heavy atom. The standard InChI is InChI=1S/C77H146O6/c1-4-7-10-13-16-19-22-25-28-30-31-32-33-34-35-36-37-38-39-40-41-42-43-44-45-46-47-48-50-52-55-58-61-64-67-70-76(79)82-73-74(72-81-75(78)69-66-63-60-57-54-51-27-24-21-18-15-12-9-6-3)83-77(80)71-68-65-62-59-56-53-49-29-26-23-20-17-14-11-8-5-2/h22,25,30-31,74H,4-21,23-24,26-29,32-73H2,1-3H3/b25-22-,31-30-. The van der Waals surface area contributed by atoms with Crippen LogP contribution >= 0.6 is 0 Å². The smallest absolute Gasteiger partial charge is 0.306 e. The van der Waals surface area contributed by atoms with E-state index in [1.165, 1.54) is 327 Å². The first-order valence-electron chi connectivity index (χ1n) is 37.8. The second kappa shape index (κ2) is 72.4. The van der Waals surface area contributed by atoms with Crippen molar-refractivity contribution in [3.63, 3.8) is 0 Å². The average molecular weight is 1170 g/mol. The SMILES string of the molecule is CCCCCCC/C=C\C/C=C\CCCCCCCCCCCCCCCCCCCCCCCCCC(=O)OCC(COC(=O)CCCCCCCCCCCCCCCC)OC(=O)CCCCCCCCCCCCCCCCCC. The molecule has 0 saturated heterocycles. The van der Waals surface area contributed by atoms with Crippen molar-refractivity contribution in [2.75, 3.05) is 13.2 Å². The zero-order valence-corrected chi connectivity index (χ0v) is 56.5. The van der Waals surface area contributed by atoms with Crippen LogP contribution in [-0.4, -0.2) is 37.2 Å². The van der Waals surface area contributed by atoms with Gasteiger partial charge in [-0.2, -0.15) is 0 Å². The highest BCUT2D eigenvalue weighted by molar-refractivity contribution is 5.71. The number of carbonyl (C=O) groups is 3. The number of hydrogen-bond acceptors (Lipinski definition) is 6. The van der Waals surface area contributed by atoms with Crippen LogP contribution in [0, 0.1) is 0 Å². The lowest BCUT2D eigenvalue weighted by molar-refractivity contribution is -0.167. The summed E-state index contributed by atoms with van der Waals surface area (Å²) >= 11 is 0. The van der Waals surface area contributed by atoms with E-state index in [9.17, 15) is 14.4 Å². The number of unbranched alkanes of at least 4 members (excludes halogenated alkanes) is 56. The van der Waals surface area contributed by atoms with Crippen LogP contribution in [0.3, 0.4) is 0 Å². The lowest BCUT2D eigenvalue weighted by Gasteiger charge is -2.18. The minimum Gasteiger partial charge on any atom is -0.462 e. The fourth-order valence-corrected chi connectivity index (χ4v) is 11.8. The Labute approximate surface area is 519 Å². The molecule has 1 atom stereocenters. The molecule has 1 unspecified atom stereocenters. The topological polar surface area (TPSA) is 78.9 Å². The van der Waals surface area contributed by atoms with Crippen molar-refractivity contribution >= 4 is 17.9 Å². The molecule has 0 fully saturated rings. The first-order chi connectivity index (χ1) is 41.0. The number of ether oxygens (including phenoxy) is 3. The van der Waals surface area contributed by atoms with Gasteiger partial charge in [0.25, 0.3) is 0 Å². The van der Waals surface area contributed by atoms with Crippen molar-refractivity contribution in [3.05, 3.63) is 24.3 Å². The molecule has 0 spiro atoms. The van der Waals surface area contributed by atoms with Crippen LogP contribution in [-0.2, 0) is 28.6 Å². The Bertz CT molecular complexity index is 1340. The van der Waals surface area contributed by atoms with Gasteiger partial charge in [-0.3, -0.25) is 14.4 Å². The maximum Gasteiger partial charge on any atom is 0.306 e. The minimum absolute atomic E-state index is 0.0622. The molecule has 0 aromatic carbocycles. The van der Waals surface area contributed by atoms with Gasteiger partial charge in [0.2, 0.25) is 0 Å². The third-order valence-electron chi connectivity index (χ3n) is 17.5. The van der Waals surface area contributed by atoms with Crippen LogP contribution < -0.4 is 0 Å². The van der Waals surface area contributed by atoms with E-state index in [0.717, 1.165) is 64.2 Å². The third kappa shape index (κ3) is 70.5. The molecule has 0 aliphatic heterocycles. The summed E-state index contributed by atoms with van der Waals surface area (Å²) in [6.07, 6.45) is 89.5. The van der Waals surface area contributed by atoms with Crippen molar-refractivity contribution in [1.29, 1.82) is 0 Å². The van der Waals surface area contributed by atoms with Gasteiger partial charge in [0, 0.05) is 19.3 Å². The minimum atomic E-state index is -0.765. The summed E-state index contributed by atoms with van der Waals surface area (Å²) in [7, 11) is 0. The van der Waals surface area contributed by atoms with Crippen LogP contribution in [0.15, 0.2) is 24.3 Å². The van der Waals surface area contributed by atoms with Gasteiger partial charge in [0.15, 0.2) is 6.10 Å². The van der Waals surface area contributed by atoms with Gasteiger partial charge in [-0.05, 0) is 51.4 Å². The Hall–Kier alpha value is -2.11. The van der Waals surface area contributed by atoms with Gasteiger partial charge in [-0.1, -0.05) is 385 Å². The third-order valence-corrected chi connectivity index (χ3v) is 17.5. The van der Waals surface area contributed by atoms with Crippen molar-refractivity contribution in [1.82, 2.24) is 0 Å². The molecule has 490 valence electrons. The van der Waals surface area contributed by atoms with E-state index >= 15 is 0 Å². The predicted molar refractivity (Wildman–Crippen MR) is 363 cm³/mol. The zero-order valence-electron chi connectivity index (χ0n) is 56.5. The predicted octanol–water partition coefficient (Wildman–Crippen LogP) is 26.1. The van der Waals surface area contributed by atoms with Crippen molar-refractivity contribution in [3.8, 4) is 0 Å². The van der Waals surface area contributed by atoms with E-state index in [-0.39, 0.29) is 31.1 Å². The Morgan fingerprint density at radius 3 is 0.663 bits per heavy atom. The molecule has 0 bridgehead atoms. The average Bonchev–Trinajstić information content (AvgIpc) is 3.49. The van der Waals surface area contributed by atoms with Crippen LogP contribution in [0.1, 0.15) is 432 Å². The van der Waals surface area contributed by atoms with Gasteiger partial charge in [-0.25, -0.2) is 0 Å². The van der Waals surface area contributed by atoms with E-state index in [1.54, 1.807) is 0 Å². The molecule has 0 aliphatic carbocycles. The lowest BCUT2D eigenvalue weighted by Crippen LogP contribution is -2.30. The second-order valence-corrected chi connectivity index (χ2v) is 25.9. The molecule has 0 rings (SSSR count). The highest BCUT2D eigenvalue weighted by Crippen LogP contribution is 2.19. The fraction of sp³-hybridized carbons (Fsp3) is 0.909. The summed E-state index contributed by atoms with van der Waals surface area (Å²) in [5.41, 5.74) is 0. The van der Waals surface area contributed by atoms with E-state index in [4.69, 9.17) is 14.2 Å². The monoisotopic (exact) mass is 1170 g/mol. The molecule has 0 radical (unpaired) electrons. The van der Waals surface area contributed by atoms with Gasteiger partial charge in [0.1, 0.15) is 13.2 Å². The molecule has 0 N–H and O–H groups in total. The molecule has 83 heavy (non-hydrogen) atoms. The highest BCUT2D eigenvalue weighted by Gasteiger charge is 2.20. The summed E-state index contributed by atoms with van der Waals surface area (Å²) in [4.78, 5) is 38.4. The van der Waals surface area contributed by atoms with E-state index < -0.39 is 6.10 Å². The number of carbonyl (C=O) groups excluding carboxylic acids is 3. The second-order valence-electron chi connectivity index (χ2n) is 25.9. The first-order valence-corrected chi connectivity index (χ1v) is 37.8. The molecular weight excluding hydrogens is 1020 g/mol. The molecule has 0 heterocycles. The summed E-state index contributed by atoms with van der Waals surface area (Å²) < 4.78 is 17.0. The van der Waals surface area contributed by atoms with Crippen LogP contribution in [0.5, 0.6) is 0 Å². The lowest BCUT2D eigenvalue weighted by atomic mass is 10.0. The molecule has 0 amide bonds. The van der Waals surface area contributed by atoms with Crippen LogP contribution in [0.4, 0.5) is 0 Å². The maximum atomic E-state index is 12.9. The zero-order chi connectivity index (χ0) is 59.9. The number of hydrogen-bond donors (Lipinski definition) is 0. The van der Waals surface area contributed by atoms with Crippen molar-refractivity contribution in [2.45, 2.75) is 438 Å². The quantitative estimate of drug-likeness (QED) is 0.0261. The van der Waals surface area contributed by atoms with Gasteiger partial charge in [0.05, 0.1) is 0 Å². The van der Waals surface area contributed by atoms with Gasteiger partial charge >= 0.3 is 17.9 Å². The molecule has 0 aliphatic rings. The van der Waals surface area contributed by atoms with Crippen molar-refractivity contribution in [2.24, 2.45) is 0 Å². The molecule has 0 aromatic heterocycles. The van der Waals surface area contributed by atoms with E-state index in [2.05, 4.69) is 45.1 Å². The molecule has 6 heteroatoms. The number of allylic oxidation sites excluding steroid dienone is 4. The summed E-state index contributed by atoms with van der Waals surface area (Å²) in [5.74, 6) is -0.825. The van der Waals surface area contributed by atoms with Crippen LogP contribution in [0.2, 0.25) is 0 Å². The number of rotatable bonds is 71. The largest absolute Gasteiger partial charge is 0.462 e. The summed E-state index contributed by atoms with van der Waals surface area (Å²) in [6.45, 7) is 6.72. The summed E-state index contributed by atoms with van der Waals surface area (Å²) in [5, 5.41) is 0. The Kier molecular flexibility index (Phi) is 70.5. The Morgan fingerprint density at radius 2 is 0.434 bits per heavy atom. The van der Waals surface area contributed by atoms with Gasteiger partial charge < -0.3 is 14.2 Å². The maximum absolute atomic E-state index is 12.9. The van der Waals surface area contributed by atoms with E-state index in [0.29, 0.717) is 19.3 Å². The van der Waals surface area contributed by atoms with Crippen LogP contribution in [0.25, 0.3) is 0 Å². The first kappa shape index (κ1) is 80.9. The number of esters is 3. The van der Waals surface area contributed by atoms with Crippen molar-refractivity contribution < 1.29 is 28.6 Å². The normalized spacial score (nSPS) is 12.1. The van der Waals surface area contributed by atoms with E-state index in [1.807, 2.05) is 0 Å². The summed E-state index contributed by atoms with van der Waals surface area (Å²) in [6, 6.07) is 0. The fourth-order valence-electron chi connectivity index (χ4n) is 11.8. The highest BCUT2D eigenvalue weighted by atomic mass is 16.6. The molecular formula is C77H146O6. The molecule has 0 aromatic rings. The molecule has 6 nitrogen and oxygen atoms in total. The molecule has 0 saturated carbocycles. The Balaban J connectivity index is 4.06. The van der Waals surface area contributed by atoms with Gasteiger partial charge in [-0.15, -0.1) is 0 Å².